The number of fused-ring (bicyclic) bond motifs is 8. The van der Waals surface area contributed by atoms with Crippen LogP contribution in [-0.4, -0.2) is 0 Å². The smallest absolute Gasteiger partial charge is 0.0467 e. The summed E-state index contributed by atoms with van der Waals surface area (Å²) in [5, 5.41) is 0. The SMILES string of the molecule is c1ccc(-c2ccc(N(c3cccc(-c4ccccc4)c3)c3ccc4c(c3)C3(CC5CCC3C5)c3ccccc3-4)cc2)cc1. The van der Waals surface area contributed by atoms with E-state index >= 15 is 0 Å². The zero-order valence-corrected chi connectivity index (χ0v) is 24.9. The third-order valence-electron chi connectivity index (χ3n) is 10.7. The molecule has 6 aromatic rings. The van der Waals surface area contributed by atoms with Crippen LogP contribution in [0.25, 0.3) is 33.4 Å². The highest BCUT2D eigenvalue weighted by molar-refractivity contribution is 5.87. The maximum absolute atomic E-state index is 2.55. The first-order valence-corrected chi connectivity index (χ1v) is 16.1. The summed E-state index contributed by atoms with van der Waals surface area (Å²) in [6.07, 6.45) is 5.42. The average Bonchev–Trinajstić information content (AvgIpc) is 3.79. The Kier molecular flexibility index (Phi) is 5.88. The lowest BCUT2D eigenvalue weighted by Crippen LogP contribution is -2.32. The molecule has 44 heavy (non-hydrogen) atoms. The lowest BCUT2D eigenvalue weighted by atomic mass is 9.67. The summed E-state index contributed by atoms with van der Waals surface area (Å²) in [4.78, 5) is 2.46. The van der Waals surface area contributed by atoms with Gasteiger partial charge in [-0.1, -0.05) is 122 Å². The molecule has 9 rings (SSSR count). The molecule has 3 aliphatic carbocycles. The quantitative estimate of drug-likeness (QED) is 0.201. The summed E-state index contributed by atoms with van der Waals surface area (Å²) >= 11 is 0. The van der Waals surface area contributed by atoms with E-state index in [4.69, 9.17) is 0 Å². The van der Waals surface area contributed by atoms with E-state index in [1.54, 1.807) is 11.1 Å². The second kappa shape index (κ2) is 10.1. The van der Waals surface area contributed by atoms with E-state index in [1.165, 1.54) is 76.1 Å². The van der Waals surface area contributed by atoms with Gasteiger partial charge < -0.3 is 4.90 Å². The second-order valence-corrected chi connectivity index (χ2v) is 13.0. The molecule has 0 N–H and O–H groups in total. The van der Waals surface area contributed by atoms with Gasteiger partial charge in [0.1, 0.15) is 0 Å². The van der Waals surface area contributed by atoms with Crippen molar-refractivity contribution in [3.8, 4) is 33.4 Å². The van der Waals surface area contributed by atoms with E-state index in [9.17, 15) is 0 Å². The molecule has 1 heteroatoms. The van der Waals surface area contributed by atoms with Crippen molar-refractivity contribution in [2.45, 2.75) is 31.1 Å². The van der Waals surface area contributed by atoms with Gasteiger partial charge >= 0.3 is 0 Å². The highest BCUT2D eigenvalue weighted by Gasteiger charge is 2.56. The Morgan fingerprint density at radius 3 is 1.80 bits per heavy atom. The average molecular weight is 566 g/mol. The summed E-state index contributed by atoms with van der Waals surface area (Å²) in [5.41, 5.74) is 14.7. The fourth-order valence-corrected chi connectivity index (χ4v) is 8.85. The van der Waals surface area contributed by atoms with Gasteiger partial charge in [-0.05, 0) is 112 Å². The number of nitrogens with zero attached hydrogens (tertiary/aromatic N) is 1. The number of benzene rings is 6. The first-order valence-electron chi connectivity index (χ1n) is 16.1. The Bertz CT molecular complexity index is 1970. The largest absolute Gasteiger partial charge is 0.310 e. The Morgan fingerprint density at radius 2 is 1.07 bits per heavy atom. The van der Waals surface area contributed by atoms with Gasteiger partial charge in [0.15, 0.2) is 0 Å². The molecule has 2 bridgehead atoms. The van der Waals surface area contributed by atoms with Crippen molar-refractivity contribution in [3.63, 3.8) is 0 Å². The molecule has 1 nitrogen and oxygen atoms in total. The van der Waals surface area contributed by atoms with Gasteiger partial charge in [-0.15, -0.1) is 0 Å². The third-order valence-corrected chi connectivity index (χ3v) is 10.7. The standard InChI is InChI=1S/C43H35N/c1-3-10-31(11-4-1)33-19-22-36(23-20-33)44(37-15-9-14-34(27-37)32-12-5-2-6-13-32)38-24-25-40-39-16-7-8-17-41(39)43(42(40)28-38)29-30-18-21-35(43)26-30/h1-17,19-20,22-25,27-28,30,35H,18,21,26,29H2. The van der Waals surface area contributed by atoms with Gasteiger partial charge in [0, 0.05) is 22.5 Å². The Hall–Kier alpha value is -4.88. The minimum Gasteiger partial charge on any atom is -0.310 e. The van der Waals surface area contributed by atoms with Crippen molar-refractivity contribution in [1.29, 1.82) is 0 Å². The van der Waals surface area contributed by atoms with E-state index in [2.05, 4.69) is 157 Å². The first-order chi connectivity index (χ1) is 21.8. The number of hydrogen-bond acceptors (Lipinski definition) is 1. The number of rotatable bonds is 5. The number of anilines is 3. The molecular weight excluding hydrogens is 530 g/mol. The lowest BCUT2D eigenvalue weighted by Gasteiger charge is -2.37. The molecule has 3 unspecified atom stereocenters. The predicted molar refractivity (Wildman–Crippen MR) is 184 cm³/mol. The van der Waals surface area contributed by atoms with Crippen LogP contribution in [0.15, 0.2) is 152 Å². The van der Waals surface area contributed by atoms with Crippen molar-refractivity contribution in [1.82, 2.24) is 0 Å². The Labute approximate surface area is 260 Å². The molecule has 0 aromatic heterocycles. The molecule has 212 valence electrons. The fourth-order valence-electron chi connectivity index (χ4n) is 8.85. The van der Waals surface area contributed by atoms with Crippen LogP contribution >= 0.6 is 0 Å². The minimum absolute atomic E-state index is 0.152. The summed E-state index contributed by atoms with van der Waals surface area (Å²) in [7, 11) is 0. The molecule has 2 fully saturated rings. The van der Waals surface area contributed by atoms with Gasteiger partial charge in [-0.3, -0.25) is 0 Å². The molecule has 0 amide bonds. The molecule has 1 spiro atoms. The van der Waals surface area contributed by atoms with Crippen LogP contribution in [0.2, 0.25) is 0 Å². The zero-order chi connectivity index (χ0) is 29.1. The van der Waals surface area contributed by atoms with Crippen molar-refractivity contribution in [2.75, 3.05) is 4.90 Å². The van der Waals surface area contributed by atoms with E-state index in [-0.39, 0.29) is 5.41 Å². The lowest BCUT2D eigenvalue weighted by molar-refractivity contribution is 0.327. The molecule has 3 aliphatic rings. The van der Waals surface area contributed by atoms with E-state index in [0.717, 1.165) is 11.8 Å². The van der Waals surface area contributed by atoms with Crippen LogP contribution in [0.5, 0.6) is 0 Å². The van der Waals surface area contributed by atoms with Crippen molar-refractivity contribution >= 4 is 17.1 Å². The van der Waals surface area contributed by atoms with Crippen LogP contribution in [0.3, 0.4) is 0 Å². The topological polar surface area (TPSA) is 3.24 Å². The highest BCUT2D eigenvalue weighted by atomic mass is 15.1. The zero-order valence-electron chi connectivity index (χ0n) is 24.9. The molecule has 0 radical (unpaired) electrons. The maximum Gasteiger partial charge on any atom is 0.0467 e. The summed E-state index contributed by atoms with van der Waals surface area (Å²) in [5.74, 6) is 1.59. The molecule has 0 saturated heterocycles. The van der Waals surface area contributed by atoms with E-state index < -0.39 is 0 Å². The molecule has 6 aromatic carbocycles. The normalized spacial score (nSPS) is 20.9. The number of hydrogen-bond donors (Lipinski definition) is 0. The molecule has 0 heterocycles. The molecule has 3 atom stereocenters. The van der Waals surface area contributed by atoms with Crippen LogP contribution in [0.4, 0.5) is 17.1 Å². The van der Waals surface area contributed by atoms with Crippen molar-refractivity contribution < 1.29 is 0 Å². The van der Waals surface area contributed by atoms with Crippen LogP contribution < -0.4 is 4.90 Å². The second-order valence-electron chi connectivity index (χ2n) is 13.0. The molecule has 2 saturated carbocycles. The first kappa shape index (κ1) is 25.6. The Balaban J connectivity index is 1.21. The Morgan fingerprint density at radius 1 is 0.455 bits per heavy atom. The fraction of sp³-hybridized carbons (Fsp3) is 0.163. The highest BCUT2D eigenvalue weighted by Crippen LogP contribution is 2.66. The summed E-state index contributed by atoms with van der Waals surface area (Å²) in [6, 6.07) is 56.1. The van der Waals surface area contributed by atoms with Crippen LogP contribution in [0.1, 0.15) is 36.8 Å². The van der Waals surface area contributed by atoms with Gasteiger partial charge in [0.05, 0.1) is 0 Å². The summed E-state index contributed by atoms with van der Waals surface area (Å²) < 4.78 is 0. The van der Waals surface area contributed by atoms with Gasteiger partial charge in [0.2, 0.25) is 0 Å². The van der Waals surface area contributed by atoms with Crippen molar-refractivity contribution in [3.05, 3.63) is 163 Å². The van der Waals surface area contributed by atoms with Crippen molar-refractivity contribution in [2.24, 2.45) is 11.8 Å². The summed E-state index contributed by atoms with van der Waals surface area (Å²) in [6.45, 7) is 0. The molecule has 0 aliphatic heterocycles. The monoisotopic (exact) mass is 565 g/mol. The van der Waals surface area contributed by atoms with E-state index in [1.807, 2.05) is 0 Å². The van der Waals surface area contributed by atoms with Gasteiger partial charge in [-0.2, -0.15) is 0 Å². The molecular formula is C43H35N. The third kappa shape index (κ3) is 3.92. The van der Waals surface area contributed by atoms with Crippen LogP contribution in [0, 0.1) is 11.8 Å². The van der Waals surface area contributed by atoms with Gasteiger partial charge in [-0.25, -0.2) is 0 Å². The van der Waals surface area contributed by atoms with Crippen LogP contribution in [-0.2, 0) is 5.41 Å². The minimum atomic E-state index is 0.152. The van der Waals surface area contributed by atoms with E-state index in [0.29, 0.717) is 0 Å². The predicted octanol–water partition coefficient (Wildman–Crippen LogP) is 11.6. The van der Waals surface area contributed by atoms with Gasteiger partial charge in [0.25, 0.3) is 0 Å². The maximum atomic E-state index is 2.55.